The summed E-state index contributed by atoms with van der Waals surface area (Å²) in [6.45, 7) is 2.66. The summed E-state index contributed by atoms with van der Waals surface area (Å²) in [6.07, 6.45) is 4.06. The summed E-state index contributed by atoms with van der Waals surface area (Å²) < 4.78 is 1.04. The minimum atomic E-state index is -0.536. The summed E-state index contributed by atoms with van der Waals surface area (Å²) in [6, 6.07) is 6.14. The summed E-state index contributed by atoms with van der Waals surface area (Å²) >= 11 is 3.51. The highest BCUT2D eigenvalue weighted by molar-refractivity contribution is 9.10. The van der Waals surface area contributed by atoms with Gasteiger partial charge in [-0.25, -0.2) is 0 Å². The van der Waals surface area contributed by atoms with Gasteiger partial charge in [-0.1, -0.05) is 34.8 Å². The molecule has 1 aliphatic rings. The molecular weight excluding hydrogens is 304 g/mol. The van der Waals surface area contributed by atoms with E-state index in [4.69, 9.17) is 5.73 Å². The molecule has 1 aromatic rings. The maximum absolute atomic E-state index is 10.5. The Bertz CT molecular complexity index is 442. The maximum atomic E-state index is 10.5. The van der Waals surface area contributed by atoms with Gasteiger partial charge in [-0.2, -0.15) is 0 Å². The van der Waals surface area contributed by atoms with Gasteiger partial charge in [-0.3, -0.25) is 0 Å². The number of halogens is 1. The molecule has 1 aliphatic carbocycles. The SMILES string of the molecule is CC(N)c1ccc(Br)cc1N(C)CC1(O)CCCC1. The second kappa shape index (κ2) is 5.81. The van der Waals surface area contributed by atoms with Crippen LogP contribution in [-0.2, 0) is 0 Å². The fourth-order valence-corrected chi connectivity index (χ4v) is 3.30. The van der Waals surface area contributed by atoms with Crippen molar-refractivity contribution in [3.05, 3.63) is 28.2 Å². The van der Waals surface area contributed by atoms with Crippen molar-refractivity contribution in [2.75, 3.05) is 18.5 Å². The second-order valence-electron chi connectivity index (χ2n) is 5.78. The first-order valence-electron chi connectivity index (χ1n) is 6.90. The van der Waals surface area contributed by atoms with E-state index < -0.39 is 5.60 Å². The van der Waals surface area contributed by atoms with Crippen LogP contribution in [0.3, 0.4) is 0 Å². The van der Waals surface area contributed by atoms with Crippen molar-refractivity contribution in [2.45, 2.75) is 44.2 Å². The maximum Gasteiger partial charge on any atom is 0.0821 e. The van der Waals surface area contributed by atoms with Crippen LogP contribution >= 0.6 is 15.9 Å². The molecule has 0 aliphatic heterocycles. The van der Waals surface area contributed by atoms with Crippen molar-refractivity contribution >= 4 is 21.6 Å². The quantitative estimate of drug-likeness (QED) is 0.893. The Morgan fingerprint density at radius 3 is 2.63 bits per heavy atom. The number of likely N-dealkylation sites (N-methyl/N-ethyl adjacent to an activating group) is 1. The average Bonchev–Trinajstić information content (AvgIpc) is 2.75. The standard InChI is InChI=1S/C15H23BrN2O/c1-11(17)13-6-5-12(16)9-14(13)18(2)10-15(19)7-3-4-8-15/h5-6,9,11,19H,3-4,7-8,10,17H2,1-2H3. The van der Waals surface area contributed by atoms with Gasteiger partial charge in [0.15, 0.2) is 0 Å². The first kappa shape index (κ1) is 14.8. The number of anilines is 1. The molecule has 0 spiro atoms. The van der Waals surface area contributed by atoms with Crippen LogP contribution in [0.4, 0.5) is 5.69 Å². The van der Waals surface area contributed by atoms with Crippen LogP contribution in [0.15, 0.2) is 22.7 Å². The second-order valence-corrected chi connectivity index (χ2v) is 6.69. The van der Waals surface area contributed by atoms with Crippen molar-refractivity contribution < 1.29 is 5.11 Å². The lowest BCUT2D eigenvalue weighted by Crippen LogP contribution is -2.39. The summed E-state index contributed by atoms with van der Waals surface area (Å²) in [5.41, 5.74) is 7.72. The zero-order valence-electron chi connectivity index (χ0n) is 11.7. The number of nitrogens with two attached hydrogens (primary N) is 1. The molecule has 1 aromatic carbocycles. The Morgan fingerprint density at radius 1 is 1.42 bits per heavy atom. The Hall–Kier alpha value is -0.580. The molecule has 1 fully saturated rings. The minimum absolute atomic E-state index is 0.0104. The number of nitrogens with zero attached hydrogens (tertiary/aromatic N) is 1. The van der Waals surface area contributed by atoms with Crippen LogP contribution < -0.4 is 10.6 Å². The van der Waals surface area contributed by atoms with Crippen molar-refractivity contribution in [3.63, 3.8) is 0 Å². The predicted molar refractivity (Wildman–Crippen MR) is 83.4 cm³/mol. The average molecular weight is 327 g/mol. The van der Waals surface area contributed by atoms with Crippen molar-refractivity contribution in [1.82, 2.24) is 0 Å². The number of hydrogen-bond acceptors (Lipinski definition) is 3. The van der Waals surface area contributed by atoms with Crippen LogP contribution in [0.2, 0.25) is 0 Å². The Balaban J connectivity index is 2.22. The first-order chi connectivity index (χ1) is 8.91. The number of benzene rings is 1. The molecule has 1 atom stereocenters. The molecule has 3 nitrogen and oxygen atoms in total. The highest BCUT2D eigenvalue weighted by Crippen LogP contribution is 2.33. The van der Waals surface area contributed by atoms with Gasteiger partial charge in [0.1, 0.15) is 0 Å². The smallest absolute Gasteiger partial charge is 0.0821 e. The molecule has 0 bridgehead atoms. The van der Waals surface area contributed by atoms with Gasteiger partial charge in [0, 0.05) is 29.8 Å². The van der Waals surface area contributed by atoms with Gasteiger partial charge in [0.25, 0.3) is 0 Å². The van der Waals surface area contributed by atoms with Gasteiger partial charge in [-0.15, -0.1) is 0 Å². The van der Waals surface area contributed by atoms with Crippen LogP contribution in [0, 0.1) is 0 Å². The van der Waals surface area contributed by atoms with E-state index in [1.165, 1.54) is 0 Å². The van der Waals surface area contributed by atoms with Crippen molar-refractivity contribution in [3.8, 4) is 0 Å². The molecule has 1 unspecified atom stereocenters. The van der Waals surface area contributed by atoms with Gasteiger partial charge >= 0.3 is 0 Å². The fourth-order valence-electron chi connectivity index (χ4n) is 2.95. The Labute approximate surface area is 123 Å². The molecule has 106 valence electrons. The Morgan fingerprint density at radius 2 is 2.05 bits per heavy atom. The van der Waals surface area contributed by atoms with Crippen LogP contribution in [0.1, 0.15) is 44.2 Å². The summed E-state index contributed by atoms with van der Waals surface area (Å²) in [4.78, 5) is 2.13. The van der Waals surface area contributed by atoms with Crippen molar-refractivity contribution in [2.24, 2.45) is 5.73 Å². The number of aliphatic hydroxyl groups is 1. The molecule has 0 amide bonds. The molecule has 3 N–H and O–H groups in total. The van der Waals surface area contributed by atoms with Gasteiger partial charge in [0.05, 0.1) is 5.60 Å². The lowest BCUT2D eigenvalue weighted by atomic mass is 10.00. The number of rotatable bonds is 4. The predicted octanol–water partition coefficient (Wildman–Crippen LogP) is 3.21. The molecule has 19 heavy (non-hydrogen) atoms. The zero-order chi connectivity index (χ0) is 14.0. The summed E-state index contributed by atoms with van der Waals surface area (Å²) in [5, 5.41) is 10.5. The zero-order valence-corrected chi connectivity index (χ0v) is 13.3. The third kappa shape index (κ3) is 3.50. The van der Waals surface area contributed by atoms with E-state index in [0.717, 1.165) is 41.4 Å². The molecule has 0 radical (unpaired) electrons. The molecule has 4 heteroatoms. The molecule has 2 rings (SSSR count). The van der Waals surface area contributed by atoms with E-state index in [2.05, 4.69) is 33.0 Å². The lowest BCUT2D eigenvalue weighted by molar-refractivity contribution is 0.0559. The summed E-state index contributed by atoms with van der Waals surface area (Å²) in [5.74, 6) is 0. The Kier molecular flexibility index (Phi) is 4.54. The van der Waals surface area contributed by atoms with Gasteiger partial charge in [-0.05, 0) is 37.5 Å². The lowest BCUT2D eigenvalue weighted by Gasteiger charge is -2.32. The molecular formula is C15H23BrN2O. The fraction of sp³-hybridized carbons (Fsp3) is 0.600. The summed E-state index contributed by atoms with van der Waals surface area (Å²) in [7, 11) is 2.03. The number of hydrogen-bond donors (Lipinski definition) is 2. The van der Waals surface area contributed by atoms with Crippen LogP contribution in [0.25, 0.3) is 0 Å². The van der Waals surface area contributed by atoms with Crippen LogP contribution in [0.5, 0.6) is 0 Å². The normalized spacial score (nSPS) is 19.4. The van der Waals surface area contributed by atoms with E-state index in [1.54, 1.807) is 0 Å². The van der Waals surface area contributed by atoms with Crippen LogP contribution in [-0.4, -0.2) is 24.3 Å². The molecule has 0 saturated heterocycles. The highest BCUT2D eigenvalue weighted by Gasteiger charge is 2.32. The van der Waals surface area contributed by atoms with E-state index in [-0.39, 0.29) is 6.04 Å². The molecule has 1 saturated carbocycles. The van der Waals surface area contributed by atoms with E-state index in [1.807, 2.05) is 20.0 Å². The minimum Gasteiger partial charge on any atom is -0.388 e. The third-order valence-electron chi connectivity index (χ3n) is 3.96. The molecule has 0 aromatic heterocycles. The van der Waals surface area contributed by atoms with E-state index in [0.29, 0.717) is 6.54 Å². The topological polar surface area (TPSA) is 49.5 Å². The third-order valence-corrected chi connectivity index (χ3v) is 4.45. The first-order valence-corrected chi connectivity index (χ1v) is 7.69. The van der Waals surface area contributed by atoms with E-state index >= 15 is 0 Å². The monoisotopic (exact) mass is 326 g/mol. The van der Waals surface area contributed by atoms with Crippen molar-refractivity contribution in [1.29, 1.82) is 0 Å². The largest absolute Gasteiger partial charge is 0.388 e. The van der Waals surface area contributed by atoms with E-state index in [9.17, 15) is 5.11 Å². The van der Waals surface area contributed by atoms with Gasteiger partial charge < -0.3 is 15.7 Å². The highest BCUT2D eigenvalue weighted by atomic mass is 79.9. The molecule has 0 heterocycles. The van der Waals surface area contributed by atoms with Gasteiger partial charge in [0.2, 0.25) is 0 Å².